The summed E-state index contributed by atoms with van der Waals surface area (Å²) in [6.07, 6.45) is 0. The Labute approximate surface area is 159 Å². The molecule has 1 amide bonds. The number of benzene rings is 2. The van der Waals surface area contributed by atoms with Gasteiger partial charge in [-0.25, -0.2) is 4.79 Å². The number of hydrogen-bond donors (Lipinski definition) is 2. The van der Waals surface area contributed by atoms with Gasteiger partial charge in [0.2, 0.25) is 0 Å². The molecule has 0 atom stereocenters. The first-order chi connectivity index (χ1) is 12.6. The van der Waals surface area contributed by atoms with E-state index in [0.29, 0.717) is 17.2 Å². The van der Waals surface area contributed by atoms with Gasteiger partial charge in [-0.05, 0) is 53.8 Å². The molecule has 0 bridgehead atoms. The largest absolute Gasteiger partial charge is 0.484 e. The zero-order valence-corrected chi connectivity index (χ0v) is 16.0. The van der Waals surface area contributed by atoms with Crippen molar-refractivity contribution in [2.75, 3.05) is 18.5 Å². The van der Waals surface area contributed by atoms with Gasteiger partial charge in [0.25, 0.3) is 5.91 Å². The number of aliphatic carboxylic acids is 1. The predicted octanol–water partition coefficient (Wildman–Crippen LogP) is 3.77. The Morgan fingerprint density at radius 2 is 1.56 bits per heavy atom. The fourth-order valence-corrected chi connectivity index (χ4v) is 2.40. The molecular formula is C21H25NO5. The summed E-state index contributed by atoms with van der Waals surface area (Å²) >= 11 is 0. The highest BCUT2D eigenvalue weighted by Crippen LogP contribution is 2.24. The van der Waals surface area contributed by atoms with Gasteiger partial charge in [0.05, 0.1) is 0 Å². The molecule has 6 heteroatoms. The minimum absolute atomic E-state index is 0.0633. The number of carboxylic acid groups (broad SMARTS) is 1. The molecule has 0 fully saturated rings. The number of ether oxygens (including phenoxy) is 2. The molecule has 0 aliphatic heterocycles. The molecule has 2 N–H and O–H groups in total. The van der Waals surface area contributed by atoms with Crippen LogP contribution in [-0.2, 0) is 15.0 Å². The number of rotatable bonds is 7. The lowest BCUT2D eigenvalue weighted by Gasteiger charge is -2.19. The van der Waals surface area contributed by atoms with Crippen LogP contribution in [0.25, 0.3) is 0 Å². The Balaban J connectivity index is 1.89. The summed E-state index contributed by atoms with van der Waals surface area (Å²) in [4.78, 5) is 22.6. The third-order valence-corrected chi connectivity index (χ3v) is 3.92. The van der Waals surface area contributed by atoms with E-state index in [9.17, 15) is 9.59 Å². The molecule has 2 aromatic carbocycles. The van der Waals surface area contributed by atoms with E-state index in [1.54, 1.807) is 25.1 Å². The second kappa shape index (κ2) is 8.58. The van der Waals surface area contributed by atoms with E-state index in [1.165, 1.54) is 5.56 Å². The van der Waals surface area contributed by atoms with E-state index in [4.69, 9.17) is 14.6 Å². The molecule has 2 aromatic rings. The highest BCUT2D eigenvalue weighted by atomic mass is 16.5. The van der Waals surface area contributed by atoms with E-state index in [2.05, 4.69) is 26.1 Å². The summed E-state index contributed by atoms with van der Waals surface area (Å²) < 4.78 is 10.6. The molecule has 0 radical (unpaired) electrons. The Hall–Kier alpha value is -3.02. The van der Waals surface area contributed by atoms with Gasteiger partial charge >= 0.3 is 5.97 Å². The normalized spacial score (nSPS) is 11.0. The summed E-state index contributed by atoms with van der Waals surface area (Å²) in [5.41, 5.74) is 2.64. The average Bonchev–Trinajstić information content (AvgIpc) is 2.60. The first kappa shape index (κ1) is 20.3. The minimum Gasteiger partial charge on any atom is -0.484 e. The van der Waals surface area contributed by atoms with Gasteiger partial charge in [0.15, 0.2) is 13.2 Å². The fourth-order valence-electron chi connectivity index (χ4n) is 2.40. The Morgan fingerprint density at radius 1 is 0.963 bits per heavy atom. The average molecular weight is 371 g/mol. The standard InChI is InChI=1S/C21H25NO5/c1-14-11-17(27-13-20(24)25)9-10-18(14)22-19(23)12-26-16-7-5-15(6-8-16)21(2,3)4/h5-11H,12-13H2,1-4H3,(H,22,23)(H,24,25). The topological polar surface area (TPSA) is 84.9 Å². The highest BCUT2D eigenvalue weighted by molar-refractivity contribution is 5.92. The number of hydrogen-bond acceptors (Lipinski definition) is 4. The summed E-state index contributed by atoms with van der Waals surface area (Å²) in [6.45, 7) is 7.69. The number of nitrogens with one attached hydrogen (secondary N) is 1. The maximum absolute atomic E-state index is 12.1. The third-order valence-electron chi connectivity index (χ3n) is 3.92. The quantitative estimate of drug-likeness (QED) is 0.774. The Bertz CT molecular complexity index is 806. The van der Waals surface area contributed by atoms with Crippen LogP contribution in [0.2, 0.25) is 0 Å². The van der Waals surface area contributed by atoms with E-state index in [0.717, 1.165) is 5.56 Å². The van der Waals surface area contributed by atoms with Crippen LogP contribution in [0.4, 0.5) is 5.69 Å². The van der Waals surface area contributed by atoms with Gasteiger partial charge in [-0.3, -0.25) is 4.79 Å². The van der Waals surface area contributed by atoms with Crippen molar-refractivity contribution >= 4 is 17.6 Å². The van der Waals surface area contributed by atoms with Gasteiger partial charge in [-0.15, -0.1) is 0 Å². The number of aryl methyl sites for hydroxylation is 1. The number of carbonyl (C=O) groups excluding carboxylic acids is 1. The van der Waals surface area contributed by atoms with Gasteiger partial charge in [0.1, 0.15) is 11.5 Å². The molecule has 0 saturated heterocycles. The molecule has 2 rings (SSSR count). The van der Waals surface area contributed by atoms with Crippen LogP contribution in [0.1, 0.15) is 31.9 Å². The van der Waals surface area contributed by atoms with Gasteiger partial charge in [0, 0.05) is 5.69 Å². The minimum atomic E-state index is -1.04. The van der Waals surface area contributed by atoms with Crippen molar-refractivity contribution in [2.45, 2.75) is 33.1 Å². The van der Waals surface area contributed by atoms with E-state index >= 15 is 0 Å². The molecule has 144 valence electrons. The van der Waals surface area contributed by atoms with E-state index in [-0.39, 0.29) is 17.9 Å². The number of carboxylic acids is 1. The second-order valence-corrected chi connectivity index (χ2v) is 7.27. The van der Waals surface area contributed by atoms with Crippen molar-refractivity contribution in [1.82, 2.24) is 0 Å². The summed E-state index contributed by atoms with van der Waals surface area (Å²) in [6, 6.07) is 12.6. The van der Waals surface area contributed by atoms with Gasteiger partial charge in [-0.2, -0.15) is 0 Å². The smallest absolute Gasteiger partial charge is 0.341 e. The molecular weight excluding hydrogens is 346 g/mol. The van der Waals surface area contributed by atoms with E-state index in [1.807, 2.05) is 24.3 Å². The maximum atomic E-state index is 12.1. The van der Waals surface area contributed by atoms with Crippen LogP contribution < -0.4 is 14.8 Å². The third kappa shape index (κ3) is 6.33. The molecule has 6 nitrogen and oxygen atoms in total. The molecule has 0 aliphatic carbocycles. The zero-order valence-electron chi connectivity index (χ0n) is 16.0. The van der Waals surface area contributed by atoms with Crippen LogP contribution in [0.15, 0.2) is 42.5 Å². The Kier molecular flexibility index (Phi) is 6.45. The molecule has 0 heterocycles. The van der Waals surface area contributed by atoms with Crippen molar-refractivity contribution < 1.29 is 24.2 Å². The number of anilines is 1. The van der Waals surface area contributed by atoms with Crippen molar-refractivity contribution in [3.63, 3.8) is 0 Å². The van der Waals surface area contributed by atoms with Crippen molar-refractivity contribution in [1.29, 1.82) is 0 Å². The van der Waals surface area contributed by atoms with Crippen molar-refractivity contribution in [2.24, 2.45) is 0 Å². The van der Waals surface area contributed by atoms with Crippen LogP contribution in [-0.4, -0.2) is 30.2 Å². The highest BCUT2D eigenvalue weighted by Gasteiger charge is 2.13. The van der Waals surface area contributed by atoms with Crippen molar-refractivity contribution in [3.05, 3.63) is 53.6 Å². The molecule has 0 unspecified atom stereocenters. The SMILES string of the molecule is Cc1cc(OCC(=O)O)ccc1NC(=O)COc1ccc(C(C)(C)C)cc1. The van der Waals surface area contributed by atoms with Crippen LogP contribution in [0, 0.1) is 6.92 Å². The summed E-state index contributed by atoms with van der Waals surface area (Å²) in [5.74, 6) is -0.259. The molecule has 0 aromatic heterocycles. The molecule has 0 aliphatic rings. The van der Waals surface area contributed by atoms with Crippen molar-refractivity contribution in [3.8, 4) is 11.5 Å². The lowest BCUT2D eigenvalue weighted by Crippen LogP contribution is -2.20. The molecule has 0 spiro atoms. The zero-order chi connectivity index (χ0) is 20.0. The maximum Gasteiger partial charge on any atom is 0.341 e. The van der Waals surface area contributed by atoms with Gasteiger partial charge < -0.3 is 19.9 Å². The monoisotopic (exact) mass is 371 g/mol. The van der Waals surface area contributed by atoms with E-state index < -0.39 is 12.6 Å². The summed E-state index contributed by atoms with van der Waals surface area (Å²) in [7, 11) is 0. The number of amides is 1. The van der Waals surface area contributed by atoms with Crippen LogP contribution >= 0.6 is 0 Å². The van der Waals surface area contributed by atoms with Crippen LogP contribution in [0.3, 0.4) is 0 Å². The first-order valence-electron chi connectivity index (χ1n) is 8.63. The fraction of sp³-hybridized carbons (Fsp3) is 0.333. The molecule has 27 heavy (non-hydrogen) atoms. The second-order valence-electron chi connectivity index (χ2n) is 7.27. The Morgan fingerprint density at radius 3 is 2.11 bits per heavy atom. The lowest BCUT2D eigenvalue weighted by molar-refractivity contribution is -0.139. The van der Waals surface area contributed by atoms with Gasteiger partial charge in [-0.1, -0.05) is 32.9 Å². The van der Waals surface area contributed by atoms with Crippen LogP contribution in [0.5, 0.6) is 11.5 Å². The predicted molar refractivity (Wildman–Crippen MR) is 104 cm³/mol. The first-order valence-corrected chi connectivity index (χ1v) is 8.63. The molecule has 0 saturated carbocycles. The summed E-state index contributed by atoms with van der Waals surface area (Å²) in [5, 5.41) is 11.4. The number of carbonyl (C=O) groups is 2. The lowest BCUT2D eigenvalue weighted by atomic mass is 9.87.